The second kappa shape index (κ2) is 7.77. The summed E-state index contributed by atoms with van der Waals surface area (Å²) in [5, 5.41) is 0. The molecule has 0 saturated carbocycles. The summed E-state index contributed by atoms with van der Waals surface area (Å²) in [7, 11) is 0. The molecule has 0 saturated heterocycles. The zero-order valence-electron chi connectivity index (χ0n) is 9.49. The van der Waals surface area contributed by atoms with Crippen molar-refractivity contribution < 1.29 is 0 Å². The van der Waals surface area contributed by atoms with Gasteiger partial charge in [-0.2, -0.15) is 11.8 Å². The fourth-order valence-electron chi connectivity index (χ4n) is 1.65. The van der Waals surface area contributed by atoms with Crippen molar-refractivity contribution in [3.63, 3.8) is 0 Å². The van der Waals surface area contributed by atoms with E-state index in [2.05, 4.69) is 30.5 Å². The molecular formula is C13H21NS. The van der Waals surface area contributed by atoms with Crippen LogP contribution in [0.1, 0.15) is 37.3 Å². The van der Waals surface area contributed by atoms with Gasteiger partial charge in [-0.3, -0.25) is 0 Å². The van der Waals surface area contributed by atoms with Crippen LogP contribution in [0.5, 0.6) is 0 Å². The molecule has 0 aliphatic carbocycles. The summed E-state index contributed by atoms with van der Waals surface area (Å²) in [6.45, 7) is 0. The van der Waals surface area contributed by atoms with Gasteiger partial charge in [-0.15, -0.1) is 0 Å². The molecule has 0 bridgehead atoms. The largest absolute Gasteiger partial charge is 0.324 e. The Labute approximate surface area is 97.4 Å². The summed E-state index contributed by atoms with van der Waals surface area (Å²) < 4.78 is 0. The van der Waals surface area contributed by atoms with Crippen LogP contribution >= 0.6 is 11.8 Å². The van der Waals surface area contributed by atoms with Crippen molar-refractivity contribution in [1.29, 1.82) is 0 Å². The molecule has 0 heterocycles. The van der Waals surface area contributed by atoms with Crippen LogP contribution in [-0.2, 0) is 0 Å². The minimum absolute atomic E-state index is 0.223. The topological polar surface area (TPSA) is 26.0 Å². The van der Waals surface area contributed by atoms with Crippen LogP contribution in [0, 0.1) is 0 Å². The summed E-state index contributed by atoms with van der Waals surface area (Å²) >= 11 is 1.93. The highest BCUT2D eigenvalue weighted by atomic mass is 32.2. The van der Waals surface area contributed by atoms with Crippen molar-refractivity contribution in [1.82, 2.24) is 0 Å². The van der Waals surface area contributed by atoms with E-state index in [1.54, 1.807) is 0 Å². The van der Waals surface area contributed by atoms with Crippen LogP contribution in [0.15, 0.2) is 30.3 Å². The van der Waals surface area contributed by atoms with E-state index >= 15 is 0 Å². The predicted molar refractivity (Wildman–Crippen MR) is 70.2 cm³/mol. The van der Waals surface area contributed by atoms with Crippen LogP contribution < -0.4 is 5.73 Å². The first kappa shape index (κ1) is 12.6. The quantitative estimate of drug-likeness (QED) is 0.715. The number of unbranched alkanes of at least 4 members (excludes halogenated alkanes) is 2. The Morgan fingerprint density at radius 3 is 2.53 bits per heavy atom. The minimum atomic E-state index is 0.223. The van der Waals surface area contributed by atoms with E-state index in [1.807, 2.05) is 17.8 Å². The Balaban J connectivity index is 2.16. The molecule has 1 aromatic carbocycles. The van der Waals surface area contributed by atoms with Crippen molar-refractivity contribution in [3.05, 3.63) is 35.9 Å². The van der Waals surface area contributed by atoms with Crippen LogP contribution in [-0.4, -0.2) is 12.0 Å². The van der Waals surface area contributed by atoms with E-state index in [9.17, 15) is 0 Å². The summed E-state index contributed by atoms with van der Waals surface area (Å²) in [6, 6.07) is 10.6. The normalized spacial score (nSPS) is 12.7. The van der Waals surface area contributed by atoms with E-state index < -0.39 is 0 Å². The molecular weight excluding hydrogens is 202 g/mol. The standard InChI is InChI=1S/C13H21NS/c1-15-11-7-3-6-10-13(14)12-8-4-2-5-9-12/h2,4-5,8-9,13H,3,6-7,10-11,14H2,1H3. The highest BCUT2D eigenvalue weighted by molar-refractivity contribution is 7.98. The van der Waals surface area contributed by atoms with Crippen molar-refractivity contribution in [3.8, 4) is 0 Å². The fraction of sp³-hybridized carbons (Fsp3) is 0.538. The van der Waals surface area contributed by atoms with Crippen molar-refractivity contribution in [2.24, 2.45) is 5.73 Å². The van der Waals surface area contributed by atoms with Gasteiger partial charge in [0.25, 0.3) is 0 Å². The molecule has 1 atom stereocenters. The molecule has 0 aliphatic heterocycles. The molecule has 15 heavy (non-hydrogen) atoms. The van der Waals surface area contributed by atoms with Gasteiger partial charge in [0.2, 0.25) is 0 Å². The highest BCUT2D eigenvalue weighted by Crippen LogP contribution is 2.17. The van der Waals surface area contributed by atoms with Crippen LogP contribution in [0.2, 0.25) is 0 Å². The van der Waals surface area contributed by atoms with Crippen LogP contribution in [0.3, 0.4) is 0 Å². The smallest absolute Gasteiger partial charge is 0.0294 e. The van der Waals surface area contributed by atoms with Crippen molar-refractivity contribution in [2.45, 2.75) is 31.7 Å². The van der Waals surface area contributed by atoms with Crippen LogP contribution in [0.25, 0.3) is 0 Å². The molecule has 2 heteroatoms. The SMILES string of the molecule is CSCCCCCC(N)c1ccccc1. The maximum atomic E-state index is 6.10. The molecule has 1 aromatic rings. The zero-order chi connectivity index (χ0) is 10.9. The number of rotatable bonds is 7. The second-order valence-electron chi connectivity index (χ2n) is 3.86. The van der Waals surface area contributed by atoms with Gasteiger partial charge in [0.05, 0.1) is 0 Å². The van der Waals surface area contributed by atoms with Gasteiger partial charge in [-0.05, 0) is 30.4 Å². The lowest BCUT2D eigenvalue weighted by Gasteiger charge is -2.11. The number of hydrogen-bond donors (Lipinski definition) is 1. The van der Waals surface area contributed by atoms with Gasteiger partial charge in [0, 0.05) is 6.04 Å². The van der Waals surface area contributed by atoms with Gasteiger partial charge < -0.3 is 5.73 Å². The monoisotopic (exact) mass is 223 g/mol. The maximum absolute atomic E-state index is 6.10. The van der Waals surface area contributed by atoms with E-state index in [0.717, 1.165) is 6.42 Å². The van der Waals surface area contributed by atoms with Gasteiger partial charge in [-0.25, -0.2) is 0 Å². The first-order valence-corrected chi connectivity index (χ1v) is 7.03. The Bertz CT molecular complexity index is 248. The molecule has 0 aromatic heterocycles. The van der Waals surface area contributed by atoms with E-state index in [0.29, 0.717) is 0 Å². The summed E-state index contributed by atoms with van der Waals surface area (Å²) in [4.78, 5) is 0. The van der Waals surface area contributed by atoms with Gasteiger partial charge in [0.15, 0.2) is 0 Å². The Kier molecular flexibility index (Phi) is 6.53. The third-order valence-corrected chi connectivity index (χ3v) is 3.29. The van der Waals surface area contributed by atoms with E-state index in [4.69, 9.17) is 5.73 Å². The van der Waals surface area contributed by atoms with E-state index in [-0.39, 0.29) is 6.04 Å². The molecule has 0 fully saturated rings. The maximum Gasteiger partial charge on any atom is 0.0294 e. The number of benzene rings is 1. The third kappa shape index (κ3) is 5.24. The Hall–Kier alpha value is -0.470. The predicted octanol–water partition coefficient (Wildman–Crippen LogP) is 3.61. The molecule has 1 rings (SSSR count). The fourth-order valence-corrected chi connectivity index (χ4v) is 2.15. The van der Waals surface area contributed by atoms with Crippen molar-refractivity contribution >= 4 is 11.8 Å². The molecule has 1 unspecified atom stereocenters. The lowest BCUT2D eigenvalue weighted by Crippen LogP contribution is -2.09. The summed E-state index contributed by atoms with van der Waals surface area (Å²) in [5.41, 5.74) is 7.37. The second-order valence-corrected chi connectivity index (χ2v) is 4.84. The molecule has 0 aliphatic rings. The lowest BCUT2D eigenvalue weighted by atomic mass is 10.0. The number of thioether (sulfide) groups is 1. The molecule has 0 spiro atoms. The first-order chi connectivity index (χ1) is 7.34. The summed E-state index contributed by atoms with van der Waals surface area (Å²) in [5.74, 6) is 1.28. The lowest BCUT2D eigenvalue weighted by molar-refractivity contribution is 0.583. The van der Waals surface area contributed by atoms with E-state index in [1.165, 1.54) is 30.6 Å². The average Bonchev–Trinajstić information content (AvgIpc) is 2.30. The summed E-state index contributed by atoms with van der Waals surface area (Å²) in [6.07, 6.45) is 7.15. The average molecular weight is 223 g/mol. The molecule has 0 radical (unpaired) electrons. The number of hydrogen-bond acceptors (Lipinski definition) is 2. The molecule has 1 nitrogen and oxygen atoms in total. The van der Waals surface area contributed by atoms with Crippen LogP contribution in [0.4, 0.5) is 0 Å². The molecule has 0 amide bonds. The third-order valence-electron chi connectivity index (χ3n) is 2.59. The van der Waals surface area contributed by atoms with Crippen molar-refractivity contribution in [2.75, 3.05) is 12.0 Å². The Morgan fingerprint density at radius 1 is 1.13 bits per heavy atom. The van der Waals surface area contributed by atoms with Gasteiger partial charge in [0.1, 0.15) is 0 Å². The zero-order valence-corrected chi connectivity index (χ0v) is 10.3. The highest BCUT2D eigenvalue weighted by Gasteiger charge is 2.03. The van der Waals surface area contributed by atoms with Gasteiger partial charge >= 0.3 is 0 Å². The minimum Gasteiger partial charge on any atom is -0.324 e. The molecule has 84 valence electrons. The number of nitrogens with two attached hydrogens (primary N) is 1. The van der Waals surface area contributed by atoms with Gasteiger partial charge in [-0.1, -0.05) is 43.2 Å². The molecule has 2 N–H and O–H groups in total. The Morgan fingerprint density at radius 2 is 1.87 bits per heavy atom. The first-order valence-electron chi connectivity index (χ1n) is 5.64.